The molecule has 23 heavy (non-hydrogen) atoms. The van der Waals surface area contributed by atoms with E-state index in [0.29, 0.717) is 25.7 Å². The van der Waals surface area contributed by atoms with Gasteiger partial charge in [-0.2, -0.15) is 0 Å². The van der Waals surface area contributed by atoms with Crippen LogP contribution in [0.5, 0.6) is 0 Å². The highest BCUT2D eigenvalue weighted by Crippen LogP contribution is 2.31. The van der Waals surface area contributed by atoms with E-state index in [2.05, 4.69) is 31.4 Å². The van der Waals surface area contributed by atoms with Crippen molar-refractivity contribution in [2.45, 2.75) is 0 Å². The second kappa shape index (κ2) is 6.97. The molecule has 0 saturated heterocycles. The molecule has 0 saturated carbocycles. The van der Waals surface area contributed by atoms with Crippen LogP contribution >= 0.6 is 50.5 Å². The number of halogens is 3. The standard InChI is InChI=1S/C15H8BrCl2N3OS/c16-10-3-1-2-8(4-10)13(22)19-15-21-20-14(23-15)9-5-11(17)7-12(18)6-9/h1-7H,(H,19,21,22). The van der Waals surface area contributed by atoms with Crippen molar-refractivity contribution in [3.63, 3.8) is 0 Å². The first-order chi connectivity index (χ1) is 11.0. The van der Waals surface area contributed by atoms with Crippen molar-refractivity contribution in [2.24, 2.45) is 0 Å². The van der Waals surface area contributed by atoms with Gasteiger partial charge in [0, 0.05) is 25.6 Å². The fourth-order valence-corrected chi connectivity index (χ4v) is 3.52. The van der Waals surface area contributed by atoms with E-state index in [1.807, 2.05) is 6.07 Å². The van der Waals surface area contributed by atoms with Crippen LogP contribution < -0.4 is 5.32 Å². The van der Waals surface area contributed by atoms with Crippen molar-refractivity contribution in [1.82, 2.24) is 10.2 Å². The van der Waals surface area contributed by atoms with E-state index in [1.165, 1.54) is 11.3 Å². The molecule has 1 aromatic heterocycles. The minimum Gasteiger partial charge on any atom is -0.296 e. The summed E-state index contributed by atoms with van der Waals surface area (Å²) in [5, 5.41) is 12.8. The molecule has 0 spiro atoms. The Bertz CT molecular complexity index is 864. The molecule has 0 unspecified atom stereocenters. The molecule has 1 heterocycles. The fourth-order valence-electron chi connectivity index (χ4n) is 1.87. The third-order valence-corrected chi connectivity index (χ3v) is 4.66. The van der Waals surface area contributed by atoms with Gasteiger partial charge in [0.1, 0.15) is 5.01 Å². The minimum absolute atomic E-state index is 0.252. The molecule has 0 radical (unpaired) electrons. The Hall–Kier alpha value is -1.47. The summed E-state index contributed by atoms with van der Waals surface area (Å²) in [5.41, 5.74) is 1.28. The van der Waals surface area contributed by atoms with Crippen LogP contribution in [0.1, 0.15) is 10.4 Å². The summed E-state index contributed by atoms with van der Waals surface area (Å²) in [6.07, 6.45) is 0. The van der Waals surface area contributed by atoms with Crippen LogP contribution in [-0.4, -0.2) is 16.1 Å². The molecule has 4 nitrogen and oxygen atoms in total. The van der Waals surface area contributed by atoms with Gasteiger partial charge in [-0.15, -0.1) is 10.2 Å². The highest BCUT2D eigenvalue weighted by Gasteiger charge is 2.12. The summed E-state index contributed by atoms with van der Waals surface area (Å²) in [6, 6.07) is 12.2. The number of hydrogen-bond donors (Lipinski definition) is 1. The van der Waals surface area contributed by atoms with E-state index in [1.54, 1.807) is 36.4 Å². The molecule has 8 heteroatoms. The molecule has 1 amide bonds. The molecule has 0 aliphatic heterocycles. The lowest BCUT2D eigenvalue weighted by Gasteiger charge is -2.01. The maximum absolute atomic E-state index is 12.2. The van der Waals surface area contributed by atoms with Crippen LogP contribution in [0.3, 0.4) is 0 Å². The number of nitrogens with zero attached hydrogens (tertiary/aromatic N) is 2. The van der Waals surface area contributed by atoms with Gasteiger partial charge in [0.05, 0.1) is 0 Å². The first kappa shape index (κ1) is 16.4. The Morgan fingerprint density at radius 1 is 1.09 bits per heavy atom. The quantitative estimate of drug-likeness (QED) is 0.596. The molecule has 2 aromatic carbocycles. The van der Waals surface area contributed by atoms with Crippen molar-refractivity contribution < 1.29 is 4.79 Å². The Labute approximate surface area is 154 Å². The van der Waals surface area contributed by atoms with Crippen LogP contribution in [-0.2, 0) is 0 Å². The second-order valence-electron chi connectivity index (χ2n) is 4.53. The lowest BCUT2D eigenvalue weighted by Crippen LogP contribution is -2.11. The topological polar surface area (TPSA) is 54.9 Å². The van der Waals surface area contributed by atoms with Gasteiger partial charge >= 0.3 is 0 Å². The van der Waals surface area contributed by atoms with Gasteiger partial charge in [0.15, 0.2) is 0 Å². The first-order valence-corrected chi connectivity index (χ1v) is 8.75. The summed E-state index contributed by atoms with van der Waals surface area (Å²) in [5.74, 6) is -0.252. The van der Waals surface area contributed by atoms with Crippen molar-refractivity contribution >= 4 is 61.5 Å². The zero-order valence-corrected chi connectivity index (χ0v) is 15.3. The number of carbonyl (C=O) groups excluding carboxylic acids is 1. The number of carbonyl (C=O) groups is 1. The summed E-state index contributed by atoms with van der Waals surface area (Å²) < 4.78 is 0.830. The number of anilines is 1. The van der Waals surface area contributed by atoms with Crippen LogP contribution in [0.4, 0.5) is 5.13 Å². The SMILES string of the molecule is O=C(Nc1nnc(-c2cc(Cl)cc(Cl)c2)s1)c1cccc(Br)c1. The predicted molar refractivity (Wildman–Crippen MR) is 97.5 cm³/mol. The molecular weight excluding hydrogens is 421 g/mol. The molecule has 3 rings (SSSR count). The predicted octanol–water partition coefficient (Wildman–Crippen LogP) is 5.53. The van der Waals surface area contributed by atoms with Crippen LogP contribution in [0.25, 0.3) is 10.6 Å². The highest BCUT2D eigenvalue weighted by molar-refractivity contribution is 9.10. The molecule has 0 fully saturated rings. The fraction of sp³-hybridized carbons (Fsp3) is 0. The van der Waals surface area contributed by atoms with Crippen molar-refractivity contribution in [3.8, 4) is 10.6 Å². The van der Waals surface area contributed by atoms with Crippen LogP contribution in [0.2, 0.25) is 10.0 Å². The first-order valence-electron chi connectivity index (χ1n) is 6.38. The maximum Gasteiger partial charge on any atom is 0.257 e. The van der Waals surface area contributed by atoms with Crippen LogP contribution in [0.15, 0.2) is 46.9 Å². The zero-order valence-electron chi connectivity index (χ0n) is 11.4. The third kappa shape index (κ3) is 4.09. The summed E-state index contributed by atoms with van der Waals surface area (Å²) in [6.45, 7) is 0. The monoisotopic (exact) mass is 427 g/mol. The summed E-state index contributed by atoms with van der Waals surface area (Å²) in [7, 11) is 0. The second-order valence-corrected chi connectivity index (χ2v) is 7.30. The van der Waals surface area contributed by atoms with E-state index in [-0.39, 0.29) is 5.91 Å². The number of nitrogens with one attached hydrogen (secondary N) is 1. The van der Waals surface area contributed by atoms with Crippen molar-refractivity contribution in [1.29, 1.82) is 0 Å². The molecule has 1 N–H and O–H groups in total. The van der Waals surface area contributed by atoms with Gasteiger partial charge in [-0.1, -0.05) is 56.5 Å². The molecular formula is C15H8BrCl2N3OS. The Kier molecular flexibility index (Phi) is 4.96. The van der Waals surface area contributed by atoms with E-state index in [4.69, 9.17) is 23.2 Å². The Morgan fingerprint density at radius 2 is 1.83 bits per heavy atom. The van der Waals surface area contributed by atoms with E-state index in [0.717, 1.165) is 10.0 Å². The van der Waals surface area contributed by atoms with Crippen LogP contribution in [0, 0.1) is 0 Å². The largest absolute Gasteiger partial charge is 0.296 e. The smallest absolute Gasteiger partial charge is 0.257 e. The van der Waals surface area contributed by atoms with Gasteiger partial charge in [-0.05, 0) is 36.4 Å². The molecule has 0 aliphatic carbocycles. The molecule has 0 bridgehead atoms. The molecule has 0 aliphatic rings. The number of rotatable bonds is 3. The maximum atomic E-state index is 12.2. The van der Waals surface area contributed by atoms with Gasteiger partial charge in [-0.3, -0.25) is 10.1 Å². The van der Waals surface area contributed by atoms with E-state index in [9.17, 15) is 4.79 Å². The zero-order chi connectivity index (χ0) is 16.4. The summed E-state index contributed by atoms with van der Waals surface area (Å²) in [4.78, 5) is 12.2. The van der Waals surface area contributed by atoms with Crippen molar-refractivity contribution in [3.05, 3.63) is 62.5 Å². The average molecular weight is 429 g/mol. The van der Waals surface area contributed by atoms with Gasteiger partial charge in [0.2, 0.25) is 5.13 Å². The third-order valence-electron chi connectivity index (χ3n) is 2.84. The normalized spacial score (nSPS) is 10.6. The summed E-state index contributed by atoms with van der Waals surface area (Å²) >= 11 is 16.5. The Balaban J connectivity index is 1.81. The van der Waals surface area contributed by atoms with Gasteiger partial charge < -0.3 is 0 Å². The lowest BCUT2D eigenvalue weighted by molar-refractivity contribution is 0.102. The lowest BCUT2D eigenvalue weighted by atomic mass is 10.2. The van der Waals surface area contributed by atoms with Gasteiger partial charge in [0.25, 0.3) is 5.91 Å². The van der Waals surface area contributed by atoms with E-state index >= 15 is 0 Å². The van der Waals surface area contributed by atoms with Gasteiger partial charge in [-0.25, -0.2) is 0 Å². The number of hydrogen-bond acceptors (Lipinski definition) is 4. The highest BCUT2D eigenvalue weighted by atomic mass is 79.9. The van der Waals surface area contributed by atoms with Crippen molar-refractivity contribution in [2.75, 3.05) is 5.32 Å². The van der Waals surface area contributed by atoms with E-state index < -0.39 is 0 Å². The molecule has 3 aromatic rings. The number of benzene rings is 2. The minimum atomic E-state index is -0.252. The molecule has 0 atom stereocenters. The number of aromatic nitrogens is 2. The Morgan fingerprint density at radius 3 is 2.52 bits per heavy atom. The number of amides is 1. The average Bonchev–Trinajstić information content (AvgIpc) is 2.95. The molecule has 116 valence electrons.